The Balaban J connectivity index is 1.25. The number of hydrogen-bond donors (Lipinski definition) is 2. The van der Waals surface area contributed by atoms with E-state index in [2.05, 4.69) is 15.3 Å². The molecule has 178 valence electrons. The molecular weight excluding hydrogens is 453 g/mol. The lowest BCUT2D eigenvalue weighted by atomic mass is 9.83. The Morgan fingerprint density at radius 3 is 2.74 bits per heavy atom. The van der Waals surface area contributed by atoms with Gasteiger partial charge in [-0.15, -0.1) is 0 Å². The van der Waals surface area contributed by atoms with E-state index < -0.39 is 11.7 Å². The molecule has 5 heterocycles. The number of ether oxygens (including phenoxy) is 1. The molecule has 9 nitrogen and oxygen atoms in total. The zero-order chi connectivity index (χ0) is 24.2. The number of rotatable bonds is 2. The number of anilines is 3. The van der Waals surface area contributed by atoms with Gasteiger partial charge in [-0.25, -0.2) is 14.2 Å². The number of nitrogens with zero attached hydrogens (tertiary/aromatic N) is 3. The van der Waals surface area contributed by atoms with E-state index in [1.807, 2.05) is 17.0 Å². The van der Waals surface area contributed by atoms with Crippen LogP contribution in [-0.4, -0.2) is 41.6 Å². The second-order valence-electron chi connectivity index (χ2n) is 8.99. The standard InChI is InChI=1S/C25H22FN5O4/c26-16-3-4-20-15(12-16)5-9-31(20)23(33)19-13-17(14-21(32)28-19)30-10-6-25(7-11-30)18-2-1-8-27-22(18)29-24(34)35-25/h1-4,8,12-14H,5-7,9-11H2,(H,28,32)(H,27,29,34). The van der Waals surface area contributed by atoms with Crippen molar-refractivity contribution in [3.63, 3.8) is 0 Å². The largest absolute Gasteiger partial charge is 0.437 e. The minimum atomic E-state index is -0.781. The highest BCUT2D eigenvalue weighted by Crippen LogP contribution is 2.43. The summed E-state index contributed by atoms with van der Waals surface area (Å²) in [5.41, 5.74) is 1.89. The number of aromatic nitrogens is 2. The number of fused-ring (bicyclic) bond motifs is 3. The van der Waals surface area contributed by atoms with E-state index in [1.165, 1.54) is 18.2 Å². The van der Waals surface area contributed by atoms with Crippen LogP contribution in [0.3, 0.4) is 0 Å². The van der Waals surface area contributed by atoms with Crippen LogP contribution in [0.1, 0.15) is 34.5 Å². The Hall–Kier alpha value is -4.21. The molecule has 2 N–H and O–H groups in total. The maximum absolute atomic E-state index is 13.6. The van der Waals surface area contributed by atoms with E-state index in [1.54, 1.807) is 23.2 Å². The summed E-state index contributed by atoms with van der Waals surface area (Å²) < 4.78 is 19.3. The third kappa shape index (κ3) is 3.61. The molecular formula is C25H22FN5O4. The maximum Gasteiger partial charge on any atom is 0.413 e. The third-order valence-corrected chi connectivity index (χ3v) is 6.99. The SMILES string of the molecule is O=C1Nc2ncccc2C2(CCN(c3cc(C(=O)N4CCc5cc(F)ccc54)[nH]c(=O)c3)CC2)O1. The zero-order valence-corrected chi connectivity index (χ0v) is 18.7. The number of carbonyl (C=O) groups excluding carboxylic acids is 2. The summed E-state index contributed by atoms with van der Waals surface area (Å²) in [6.07, 6.45) is 2.68. The number of nitrogens with one attached hydrogen (secondary N) is 2. The van der Waals surface area contributed by atoms with Gasteiger partial charge in [0.2, 0.25) is 0 Å². The van der Waals surface area contributed by atoms with Gasteiger partial charge in [0.25, 0.3) is 11.5 Å². The number of amides is 2. The van der Waals surface area contributed by atoms with Gasteiger partial charge < -0.3 is 19.5 Å². The molecule has 0 atom stereocenters. The highest BCUT2D eigenvalue weighted by atomic mass is 19.1. The van der Waals surface area contributed by atoms with Crippen molar-refractivity contribution in [2.75, 3.05) is 34.8 Å². The summed E-state index contributed by atoms with van der Waals surface area (Å²) >= 11 is 0. The zero-order valence-electron chi connectivity index (χ0n) is 18.7. The molecule has 3 aliphatic rings. The molecule has 2 aromatic heterocycles. The molecule has 6 rings (SSSR count). The second-order valence-corrected chi connectivity index (χ2v) is 8.99. The number of halogens is 1. The number of pyridine rings is 2. The number of carbonyl (C=O) groups is 2. The van der Waals surface area contributed by atoms with E-state index >= 15 is 0 Å². The van der Waals surface area contributed by atoms with E-state index in [-0.39, 0.29) is 23.0 Å². The number of hydrogen-bond acceptors (Lipinski definition) is 6. The van der Waals surface area contributed by atoms with Gasteiger partial charge in [0.15, 0.2) is 0 Å². The summed E-state index contributed by atoms with van der Waals surface area (Å²) in [6, 6.07) is 11.2. The number of benzene rings is 1. The minimum Gasteiger partial charge on any atom is -0.437 e. The fraction of sp³-hybridized carbons (Fsp3) is 0.280. The molecule has 3 aliphatic heterocycles. The number of H-pyrrole nitrogens is 1. The van der Waals surface area contributed by atoms with Crippen LogP contribution in [0.25, 0.3) is 0 Å². The lowest BCUT2D eigenvalue weighted by Gasteiger charge is -2.44. The molecule has 0 unspecified atom stereocenters. The highest BCUT2D eigenvalue weighted by molar-refractivity contribution is 6.06. The molecule has 10 heteroatoms. The minimum absolute atomic E-state index is 0.174. The summed E-state index contributed by atoms with van der Waals surface area (Å²) in [5, 5.41) is 2.64. The summed E-state index contributed by atoms with van der Waals surface area (Å²) in [6.45, 7) is 1.46. The average molecular weight is 475 g/mol. The van der Waals surface area contributed by atoms with Gasteiger partial charge in [-0.1, -0.05) is 0 Å². The molecule has 1 fully saturated rings. The van der Waals surface area contributed by atoms with Crippen molar-refractivity contribution in [1.29, 1.82) is 0 Å². The van der Waals surface area contributed by atoms with Gasteiger partial charge in [0, 0.05) is 61.7 Å². The van der Waals surface area contributed by atoms with Crippen LogP contribution < -0.4 is 20.7 Å². The Labute approximate surface area is 199 Å². The Morgan fingerprint density at radius 1 is 1.09 bits per heavy atom. The fourth-order valence-corrected chi connectivity index (χ4v) is 5.28. The van der Waals surface area contributed by atoms with Crippen molar-refractivity contribution in [2.24, 2.45) is 0 Å². The molecule has 0 radical (unpaired) electrons. The van der Waals surface area contributed by atoms with Crippen LogP contribution in [-0.2, 0) is 16.8 Å². The van der Waals surface area contributed by atoms with Crippen LogP contribution in [0.5, 0.6) is 0 Å². The quantitative estimate of drug-likeness (QED) is 0.590. The Bertz CT molecular complexity index is 1410. The van der Waals surface area contributed by atoms with Gasteiger partial charge >= 0.3 is 6.09 Å². The summed E-state index contributed by atoms with van der Waals surface area (Å²) in [7, 11) is 0. The first-order chi connectivity index (χ1) is 16.9. The second kappa shape index (κ2) is 7.93. The predicted molar refractivity (Wildman–Crippen MR) is 126 cm³/mol. The van der Waals surface area contributed by atoms with Crippen molar-refractivity contribution in [2.45, 2.75) is 24.9 Å². The first-order valence-electron chi connectivity index (χ1n) is 11.5. The smallest absolute Gasteiger partial charge is 0.413 e. The van der Waals surface area contributed by atoms with Gasteiger partial charge in [-0.2, -0.15) is 0 Å². The highest BCUT2D eigenvalue weighted by Gasteiger charge is 2.45. The summed E-state index contributed by atoms with van der Waals surface area (Å²) in [4.78, 5) is 48.4. The van der Waals surface area contributed by atoms with Crippen LogP contribution in [0, 0.1) is 5.82 Å². The predicted octanol–water partition coefficient (Wildman–Crippen LogP) is 3.17. The van der Waals surface area contributed by atoms with Crippen molar-refractivity contribution in [3.8, 4) is 0 Å². The monoisotopic (exact) mass is 475 g/mol. The van der Waals surface area contributed by atoms with Crippen LogP contribution in [0.2, 0.25) is 0 Å². The fourth-order valence-electron chi connectivity index (χ4n) is 5.28. The van der Waals surface area contributed by atoms with E-state index in [0.29, 0.717) is 56.1 Å². The first kappa shape index (κ1) is 21.3. The van der Waals surface area contributed by atoms with Gasteiger partial charge in [0.05, 0.1) is 0 Å². The molecule has 1 aromatic carbocycles. The molecule has 0 bridgehead atoms. The van der Waals surface area contributed by atoms with Crippen molar-refractivity contribution in [1.82, 2.24) is 9.97 Å². The average Bonchev–Trinajstić information content (AvgIpc) is 3.26. The number of piperidine rings is 1. The molecule has 3 aromatic rings. The van der Waals surface area contributed by atoms with E-state index in [0.717, 1.165) is 11.1 Å². The van der Waals surface area contributed by atoms with Crippen molar-refractivity contribution < 1.29 is 18.7 Å². The van der Waals surface area contributed by atoms with Crippen LogP contribution >= 0.6 is 0 Å². The van der Waals surface area contributed by atoms with Gasteiger partial charge in [0.1, 0.15) is 22.9 Å². The first-order valence-corrected chi connectivity index (χ1v) is 11.5. The van der Waals surface area contributed by atoms with Gasteiger partial charge in [-0.05, 0) is 48.4 Å². The van der Waals surface area contributed by atoms with Crippen molar-refractivity contribution in [3.05, 3.63) is 81.7 Å². The molecule has 1 spiro atoms. The van der Waals surface area contributed by atoms with Crippen molar-refractivity contribution >= 4 is 29.2 Å². The maximum atomic E-state index is 13.6. The normalized spacial score (nSPS) is 18.0. The number of aromatic amines is 1. The third-order valence-electron chi connectivity index (χ3n) is 6.99. The van der Waals surface area contributed by atoms with E-state index in [4.69, 9.17) is 4.74 Å². The lowest BCUT2D eigenvalue weighted by Crippen LogP contribution is -2.48. The molecule has 1 saturated heterocycles. The van der Waals surface area contributed by atoms with Crippen LogP contribution in [0.4, 0.5) is 26.4 Å². The Morgan fingerprint density at radius 2 is 1.91 bits per heavy atom. The van der Waals surface area contributed by atoms with Gasteiger partial charge in [-0.3, -0.25) is 14.9 Å². The molecule has 35 heavy (non-hydrogen) atoms. The molecule has 2 amide bonds. The van der Waals surface area contributed by atoms with E-state index in [9.17, 15) is 18.8 Å². The van der Waals surface area contributed by atoms with Crippen LogP contribution in [0.15, 0.2) is 53.5 Å². The Kier molecular flexibility index (Phi) is 4.84. The summed E-state index contributed by atoms with van der Waals surface area (Å²) in [5.74, 6) is -0.170. The molecule has 0 aliphatic carbocycles. The molecule has 0 saturated carbocycles. The lowest BCUT2D eigenvalue weighted by molar-refractivity contribution is -0.00845. The topological polar surface area (TPSA) is 108 Å².